The molecule has 0 radical (unpaired) electrons. The highest BCUT2D eigenvalue weighted by Crippen LogP contribution is 2.37. The molecule has 1 atom stereocenters. The second-order valence-electron chi connectivity index (χ2n) is 8.21. The van der Waals surface area contributed by atoms with Gasteiger partial charge in [-0.2, -0.15) is 0 Å². The fraction of sp³-hybridized carbons (Fsp3) is 0.375. The number of ether oxygens (including phenoxy) is 1. The van der Waals surface area contributed by atoms with E-state index in [0.717, 1.165) is 48.5 Å². The average molecular weight is 418 g/mol. The van der Waals surface area contributed by atoms with E-state index in [2.05, 4.69) is 0 Å². The van der Waals surface area contributed by atoms with Gasteiger partial charge in [0, 0.05) is 32.0 Å². The summed E-state index contributed by atoms with van der Waals surface area (Å²) in [5.41, 5.74) is 2.57. The van der Waals surface area contributed by atoms with Crippen LogP contribution in [0, 0.1) is 0 Å². The van der Waals surface area contributed by atoms with Crippen molar-refractivity contribution in [2.75, 3.05) is 31.6 Å². The molecule has 7 nitrogen and oxygen atoms in total. The van der Waals surface area contributed by atoms with Crippen LogP contribution >= 0.6 is 0 Å². The number of carbonyl (C=O) groups excluding carboxylic acids is 2. The summed E-state index contributed by atoms with van der Waals surface area (Å²) in [4.78, 5) is 34.4. The highest BCUT2D eigenvalue weighted by molar-refractivity contribution is 5.98. The van der Waals surface area contributed by atoms with E-state index < -0.39 is 0 Å². The largest absolute Gasteiger partial charge is 0.495 e. The first kappa shape index (κ1) is 19.6. The van der Waals surface area contributed by atoms with Gasteiger partial charge < -0.3 is 19.1 Å². The van der Waals surface area contributed by atoms with Crippen LogP contribution in [-0.4, -0.2) is 53.0 Å². The Kier molecular flexibility index (Phi) is 5.10. The van der Waals surface area contributed by atoms with E-state index >= 15 is 0 Å². The SMILES string of the molecule is COc1ccccc1N1C[C@@H](c2nc3ccccc3n2CC(=O)N2CCCC2)CC1=O. The van der Waals surface area contributed by atoms with Crippen LogP contribution < -0.4 is 9.64 Å². The molecule has 3 aromatic rings. The smallest absolute Gasteiger partial charge is 0.242 e. The molecule has 0 saturated carbocycles. The second kappa shape index (κ2) is 8.06. The molecule has 7 heteroatoms. The van der Waals surface area contributed by atoms with E-state index in [1.54, 1.807) is 12.0 Å². The highest BCUT2D eigenvalue weighted by atomic mass is 16.5. The summed E-state index contributed by atoms with van der Waals surface area (Å²) in [6.07, 6.45) is 2.49. The summed E-state index contributed by atoms with van der Waals surface area (Å²) in [7, 11) is 1.61. The molecule has 2 aliphatic rings. The summed E-state index contributed by atoms with van der Waals surface area (Å²) in [5.74, 6) is 1.55. The molecule has 0 spiro atoms. The monoisotopic (exact) mass is 418 g/mol. The van der Waals surface area contributed by atoms with Crippen LogP contribution in [-0.2, 0) is 16.1 Å². The van der Waals surface area contributed by atoms with Gasteiger partial charge in [0.25, 0.3) is 0 Å². The van der Waals surface area contributed by atoms with Crippen LogP contribution in [0.5, 0.6) is 5.75 Å². The quantitative estimate of drug-likeness (QED) is 0.638. The number of para-hydroxylation sites is 4. The topological polar surface area (TPSA) is 67.7 Å². The lowest BCUT2D eigenvalue weighted by Gasteiger charge is -2.20. The Balaban J connectivity index is 1.48. The van der Waals surface area contributed by atoms with Gasteiger partial charge >= 0.3 is 0 Å². The molecular weight excluding hydrogens is 392 g/mol. The molecule has 0 bridgehead atoms. The van der Waals surface area contributed by atoms with Crippen molar-refractivity contribution < 1.29 is 14.3 Å². The van der Waals surface area contributed by atoms with Crippen molar-refractivity contribution in [2.24, 2.45) is 0 Å². The van der Waals surface area contributed by atoms with Gasteiger partial charge in [0.15, 0.2) is 0 Å². The number of amides is 2. The average Bonchev–Trinajstić information content (AvgIpc) is 3.53. The Labute approximate surface area is 181 Å². The van der Waals surface area contributed by atoms with E-state index in [1.807, 2.05) is 58.0 Å². The van der Waals surface area contributed by atoms with E-state index in [0.29, 0.717) is 18.7 Å². The highest BCUT2D eigenvalue weighted by Gasteiger charge is 2.36. The molecule has 2 aliphatic heterocycles. The molecule has 2 aromatic carbocycles. The van der Waals surface area contributed by atoms with E-state index in [-0.39, 0.29) is 24.3 Å². The fourth-order valence-electron chi connectivity index (χ4n) is 4.74. The molecule has 2 fully saturated rings. The number of benzene rings is 2. The zero-order valence-electron chi connectivity index (χ0n) is 17.7. The van der Waals surface area contributed by atoms with Crippen LogP contribution in [0.25, 0.3) is 11.0 Å². The minimum atomic E-state index is -0.0869. The molecular formula is C24H26N4O3. The number of hydrogen-bond donors (Lipinski definition) is 0. The third-order valence-electron chi connectivity index (χ3n) is 6.30. The summed E-state index contributed by atoms with van der Waals surface area (Å²) >= 11 is 0. The first-order valence-electron chi connectivity index (χ1n) is 10.8. The van der Waals surface area contributed by atoms with Crippen LogP contribution in [0.15, 0.2) is 48.5 Å². The number of carbonyl (C=O) groups is 2. The van der Waals surface area contributed by atoms with Gasteiger partial charge in [-0.15, -0.1) is 0 Å². The molecule has 0 unspecified atom stereocenters. The van der Waals surface area contributed by atoms with Gasteiger partial charge in [0.05, 0.1) is 23.8 Å². The molecule has 3 heterocycles. The molecule has 0 aliphatic carbocycles. The van der Waals surface area contributed by atoms with Crippen molar-refractivity contribution in [3.63, 3.8) is 0 Å². The predicted octanol–water partition coefficient (Wildman–Crippen LogP) is 3.19. The number of aromatic nitrogens is 2. The number of likely N-dealkylation sites (tertiary alicyclic amines) is 1. The van der Waals surface area contributed by atoms with Crippen molar-refractivity contribution in [1.82, 2.24) is 14.5 Å². The molecule has 31 heavy (non-hydrogen) atoms. The second-order valence-corrected chi connectivity index (χ2v) is 8.21. The van der Waals surface area contributed by atoms with E-state index in [1.165, 1.54) is 0 Å². The number of methoxy groups -OCH3 is 1. The first-order chi connectivity index (χ1) is 15.2. The van der Waals surface area contributed by atoms with Gasteiger partial charge in [0.1, 0.15) is 18.1 Å². The summed E-state index contributed by atoms with van der Waals surface area (Å²) in [5, 5.41) is 0. The lowest BCUT2D eigenvalue weighted by molar-refractivity contribution is -0.130. The Morgan fingerprint density at radius 3 is 2.65 bits per heavy atom. The molecule has 5 rings (SSSR count). The normalized spacial score (nSPS) is 18.9. The number of imidazole rings is 1. The Morgan fingerprint density at radius 2 is 1.84 bits per heavy atom. The number of rotatable bonds is 5. The minimum Gasteiger partial charge on any atom is -0.495 e. The maximum atomic E-state index is 12.9. The number of anilines is 1. The summed E-state index contributed by atoms with van der Waals surface area (Å²) < 4.78 is 7.48. The minimum absolute atomic E-state index is 0.0407. The van der Waals surface area contributed by atoms with Crippen molar-refractivity contribution in [3.05, 3.63) is 54.4 Å². The molecule has 160 valence electrons. The van der Waals surface area contributed by atoms with Gasteiger partial charge in [-0.1, -0.05) is 24.3 Å². The van der Waals surface area contributed by atoms with Crippen molar-refractivity contribution in [1.29, 1.82) is 0 Å². The van der Waals surface area contributed by atoms with Crippen LogP contribution in [0.3, 0.4) is 0 Å². The number of hydrogen-bond acceptors (Lipinski definition) is 4. The van der Waals surface area contributed by atoms with Gasteiger partial charge in [0.2, 0.25) is 11.8 Å². The standard InChI is InChI=1S/C24H26N4O3/c1-31-21-11-5-4-10-20(21)27-15-17(14-22(27)29)24-25-18-8-2-3-9-19(18)28(24)16-23(30)26-12-6-7-13-26/h2-5,8-11,17H,6-7,12-16H2,1H3/t17-/m0/s1. The molecule has 0 N–H and O–H groups in total. The van der Waals surface area contributed by atoms with Gasteiger partial charge in [-0.05, 0) is 37.1 Å². The Morgan fingerprint density at radius 1 is 1.10 bits per heavy atom. The Hall–Kier alpha value is -3.35. The zero-order valence-corrected chi connectivity index (χ0v) is 17.7. The van der Waals surface area contributed by atoms with E-state index in [4.69, 9.17) is 9.72 Å². The van der Waals surface area contributed by atoms with Crippen LogP contribution in [0.2, 0.25) is 0 Å². The fourth-order valence-corrected chi connectivity index (χ4v) is 4.74. The van der Waals surface area contributed by atoms with Crippen LogP contribution in [0.1, 0.15) is 31.0 Å². The zero-order chi connectivity index (χ0) is 21.4. The third kappa shape index (κ3) is 3.54. The van der Waals surface area contributed by atoms with E-state index in [9.17, 15) is 9.59 Å². The maximum Gasteiger partial charge on any atom is 0.242 e. The summed E-state index contributed by atoms with van der Waals surface area (Å²) in [6, 6.07) is 15.4. The van der Waals surface area contributed by atoms with Crippen molar-refractivity contribution >= 4 is 28.5 Å². The number of nitrogens with zero attached hydrogens (tertiary/aromatic N) is 4. The first-order valence-corrected chi connectivity index (χ1v) is 10.8. The number of fused-ring (bicyclic) bond motifs is 1. The third-order valence-corrected chi connectivity index (χ3v) is 6.30. The Bertz CT molecular complexity index is 1130. The van der Waals surface area contributed by atoms with Gasteiger partial charge in [-0.3, -0.25) is 9.59 Å². The maximum absolute atomic E-state index is 12.9. The predicted molar refractivity (Wildman–Crippen MR) is 118 cm³/mol. The molecule has 2 saturated heterocycles. The summed E-state index contributed by atoms with van der Waals surface area (Å²) in [6.45, 7) is 2.42. The lowest BCUT2D eigenvalue weighted by Crippen LogP contribution is -2.32. The lowest BCUT2D eigenvalue weighted by atomic mass is 10.1. The van der Waals surface area contributed by atoms with Crippen LogP contribution in [0.4, 0.5) is 5.69 Å². The van der Waals surface area contributed by atoms with Crippen molar-refractivity contribution in [2.45, 2.75) is 31.7 Å². The molecule has 2 amide bonds. The van der Waals surface area contributed by atoms with Gasteiger partial charge in [-0.25, -0.2) is 4.98 Å². The molecule has 1 aromatic heterocycles. The van der Waals surface area contributed by atoms with Crippen molar-refractivity contribution in [3.8, 4) is 5.75 Å².